The first-order chi connectivity index (χ1) is 15.2. The van der Waals surface area contributed by atoms with Crippen LogP contribution in [0.3, 0.4) is 0 Å². The van der Waals surface area contributed by atoms with Gasteiger partial charge in [0.05, 0.1) is 33.5 Å². The molecule has 4 aromatic rings. The Morgan fingerprint density at radius 2 is 2.00 bits per heavy atom. The fourth-order valence-electron chi connectivity index (χ4n) is 3.15. The van der Waals surface area contributed by atoms with Crippen molar-refractivity contribution in [2.75, 3.05) is 5.32 Å². The van der Waals surface area contributed by atoms with Crippen LogP contribution in [-0.4, -0.2) is 26.6 Å². The highest BCUT2D eigenvalue weighted by molar-refractivity contribution is 7.07. The molecule has 2 aromatic heterocycles. The van der Waals surface area contributed by atoms with Crippen LogP contribution in [0.25, 0.3) is 16.7 Å². The van der Waals surface area contributed by atoms with E-state index in [1.54, 1.807) is 34.6 Å². The number of carbonyl (C=O) groups excluding carboxylic acids is 2. The maximum atomic E-state index is 13.0. The Kier molecular flexibility index (Phi) is 5.99. The van der Waals surface area contributed by atoms with Crippen molar-refractivity contribution < 1.29 is 9.59 Å². The van der Waals surface area contributed by atoms with Crippen LogP contribution in [-0.2, 0) is 11.3 Å². The summed E-state index contributed by atoms with van der Waals surface area (Å²) >= 11 is 7.80. The lowest BCUT2D eigenvalue weighted by molar-refractivity contribution is -0.128. The first kappa shape index (κ1) is 22.0. The first-order valence-electron chi connectivity index (χ1n) is 9.97. The molecule has 0 spiro atoms. The highest BCUT2D eigenvalue weighted by Crippen LogP contribution is 2.27. The van der Waals surface area contributed by atoms with Crippen LogP contribution in [0.15, 0.2) is 53.5 Å². The van der Waals surface area contributed by atoms with E-state index in [0.29, 0.717) is 22.8 Å². The van der Waals surface area contributed by atoms with E-state index >= 15 is 0 Å². The smallest absolute Gasteiger partial charge is 0.257 e. The topological polar surface area (TPSA) is 88.9 Å². The number of anilines is 1. The molecule has 0 saturated carbocycles. The number of hydrogen-bond donors (Lipinski definition) is 2. The summed E-state index contributed by atoms with van der Waals surface area (Å²) in [5.74, 6) is 0.316. The molecule has 0 aliphatic rings. The number of thiazole rings is 1. The van der Waals surface area contributed by atoms with Gasteiger partial charge < -0.3 is 10.6 Å². The number of hydrogen-bond acceptors (Lipinski definition) is 5. The maximum Gasteiger partial charge on any atom is 0.257 e. The molecule has 0 unspecified atom stereocenters. The molecule has 2 aromatic carbocycles. The molecule has 2 N–H and O–H groups in total. The van der Waals surface area contributed by atoms with Crippen molar-refractivity contribution in [1.29, 1.82) is 0 Å². The van der Waals surface area contributed by atoms with Gasteiger partial charge in [0.25, 0.3) is 5.91 Å². The molecule has 164 valence electrons. The maximum absolute atomic E-state index is 13.0. The molecule has 0 aliphatic heterocycles. The van der Waals surface area contributed by atoms with Gasteiger partial charge in [-0.1, -0.05) is 44.5 Å². The zero-order valence-electron chi connectivity index (χ0n) is 17.8. The summed E-state index contributed by atoms with van der Waals surface area (Å²) in [6.07, 6.45) is 1.70. The van der Waals surface area contributed by atoms with E-state index in [2.05, 4.69) is 20.7 Å². The minimum absolute atomic E-state index is 0.0674. The quantitative estimate of drug-likeness (QED) is 0.430. The number of rotatable bonds is 5. The third kappa shape index (κ3) is 4.51. The van der Waals surface area contributed by atoms with Crippen molar-refractivity contribution in [2.45, 2.75) is 27.3 Å². The minimum Gasteiger partial charge on any atom is -0.352 e. The Labute approximate surface area is 194 Å². The first-order valence-corrected chi connectivity index (χ1v) is 11.3. The van der Waals surface area contributed by atoms with Crippen LogP contribution < -0.4 is 10.6 Å². The fraction of sp³-hybridized carbons (Fsp3) is 0.217. The Morgan fingerprint density at radius 3 is 2.72 bits per heavy atom. The molecule has 32 heavy (non-hydrogen) atoms. The average molecular weight is 468 g/mol. The van der Waals surface area contributed by atoms with Crippen LogP contribution in [0.2, 0.25) is 5.02 Å². The summed E-state index contributed by atoms with van der Waals surface area (Å²) in [6.45, 7) is 5.85. The predicted molar refractivity (Wildman–Crippen MR) is 127 cm³/mol. The van der Waals surface area contributed by atoms with Crippen LogP contribution in [0, 0.1) is 5.41 Å². The average Bonchev–Trinajstić information content (AvgIpc) is 3.42. The lowest BCUT2D eigenvalue weighted by atomic mass is 9.95. The van der Waals surface area contributed by atoms with Crippen molar-refractivity contribution in [3.05, 3.63) is 69.6 Å². The number of amides is 2. The second kappa shape index (κ2) is 8.72. The zero-order valence-corrected chi connectivity index (χ0v) is 19.4. The summed E-state index contributed by atoms with van der Waals surface area (Å²) in [5.41, 5.74) is 3.82. The predicted octanol–water partition coefficient (Wildman–Crippen LogP) is 5.05. The van der Waals surface area contributed by atoms with Crippen LogP contribution in [0.5, 0.6) is 0 Å². The standard InChI is InChI=1S/C23H22ClN5O2S/c1-23(2,3)22(31)25-10-14-7-8-17(24)15(9-14)21(30)28-18-5-4-6-19-16(18)11-27-29(19)20-12-32-13-26-20/h4-9,11-13H,10H2,1-3H3,(H,25,31)(H,28,30). The molecule has 9 heteroatoms. The normalized spacial score (nSPS) is 11.5. The third-order valence-corrected chi connectivity index (χ3v) is 5.81. The lowest BCUT2D eigenvalue weighted by Gasteiger charge is -2.18. The molecular formula is C23H22ClN5O2S. The summed E-state index contributed by atoms with van der Waals surface area (Å²) in [4.78, 5) is 29.5. The van der Waals surface area contributed by atoms with Crippen LogP contribution in [0.4, 0.5) is 5.69 Å². The monoisotopic (exact) mass is 467 g/mol. The summed E-state index contributed by atoms with van der Waals surface area (Å²) in [6, 6.07) is 10.7. The SMILES string of the molecule is CC(C)(C)C(=O)NCc1ccc(Cl)c(C(=O)Nc2cccc3c2cnn3-c2cscn2)c1. The van der Waals surface area contributed by atoms with Gasteiger partial charge in [0.1, 0.15) is 0 Å². The number of carbonyl (C=O) groups is 2. The van der Waals surface area contributed by atoms with E-state index in [-0.39, 0.29) is 11.8 Å². The Hall–Kier alpha value is -3.23. The van der Waals surface area contributed by atoms with Gasteiger partial charge in [-0.15, -0.1) is 11.3 Å². The minimum atomic E-state index is -0.492. The van der Waals surface area contributed by atoms with Crippen molar-refractivity contribution >= 4 is 51.3 Å². The number of fused-ring (bicyclic) bond motifs is 1. The second-order valence-corrected chi connectivity index (χ2v) is 9.47. The van der Waals surface area contributed by atoms with Gasteiger partial charge in [0, 0.05) is 22.7 Å². The summed E-state index contributed by atoms with van der Waals surface area (Å²) < 4.78 is 1.73. The fourth-order valence-corrected chi connectivity index (χ4v) is 3.86. The molecule has 2 amide bonds. The number of halogens is 1. The highest BCUT2D eigenvalue weighted by atomic mass is 35.5. The molecular weight excluding hydrogens is 446 g/mol. The highest BCUT2D eigenvalue weighted by Gasteiger charge is 2.21. The lowest BCUT2D eigenvalue weighted by Crippen LogP contribution is -2.34. The van der Waals surface area contributed by atoms with Crippen molar-refractivity contribution in [3.63, 3.8) is 0 Å². The number of nitrogens with one attached hydrogen (secondary N) is 2. The van der Waals surface area contributed by atoms with E-state index in [4.69, 9.17) is 11.6 Å². The zero-order chi connectivity index (χ0) is 22.9. The summed E-state index contributed by atoms with van der Waals surface area (Å²) in [5, 5.41) is 13.3. The Morgan fingerprint density at radius 1 is 1.19 bits per heavy atom. The van der Waals surface area contributed by atoms with E-state index in [1.165, 1.54) is 11.3 Å². The number of benzene rings is 2. The van der Waals surface area contributed by atoms with Gasteiger partial charge in [-0.2, -0.15) is 5.10 Å². The molecule has 0 fully saturated rings. The van der Waals surface area contributed by atoms with Gasteiger partial charge in [-0.3, -0.25) is 9.59 Å². The van der Waals surface area contributed by atoms with Gasteiger partial charge in [-0.25, -0.2) is 9.67 Å². The van der Waals surface area contributed by atoms with E-state index in [1.807, 2.05) is 44.4 Å². The molecule has 2 heterocycles. The third-order valence-electron chi connectivity index (χ3n) is 4.91. The second-order valence-electron chi connectivity index (χ2n) is 8.34. The van der Waals surface area contributed by atoms with Crippen LogP contribution >= 0.6 is 22.9 Å². The van der Waals surface area contributed by atoms with Crippen molar-refractivity contribution in [1.82, 2.24) is 20.1 Å². The molecule has 0 bridgehead atoms. The Balaban J connectivity index is 1.57. The van der Waals surface area contributed by atoms with E-state index in [0.717, 1.165) is 22.3 Å². The van der Waals surface area contributed by atoms with E-state index < -0.39 is 5.41 Å². The van der Waals surface area contributed by atoms with Gasteiger partial charge >= 0.3 is 0 Å². The number of nitrogens with zero attached hydrogens (tertiary/aromatic N) is 3. The van der Waals surface area contributed by atoms with Crippen molar-refractivity contribution in [3.8, 4) is 5.82 Å². The van der Waals surface area contributed by atoms with E-state index in [9.17, 15) is 9.59 Å². The van der Waals surface area contributed by atoms with Crippen molar-refractivity contribution in [2.24, 2.45) is 5.41 Å². The Bertz CT molecular complexity index is 1290. The summed E-state index contributed by atoms with van der Waals surface area (Å²) in [7, 11) is 0. The molecule has 0 saturated heterocycles. The number of aromatic nitrogens is 3. The molecule has 0 atom stereocenters. The van der Waals surface area contributed by atoms with Gasteiger partial charge in [-0.05, 0) is 29.8 Å². The molecule has 0 radical (unpaired) electrons. The molecule has 4 rings (SSSR count). The van der Waals surface area contributed by atoms with Gasteiger partial charge in [0.15, 0.2) is 5.82 Å². The van der Waals surface area contributed by atoms with Gasteiger partial charge in [0.2, 0.25) is 5.91 Å². The largest absolute Gasteiger partial charge is 0.352 e. The molecule has 0 aliphatic carbocycles. The molecule has 7 nitrogen and oxygen atoms in total. The van der Waals surface area contributed by atoms with Crippen LogP contribution in [0.1, 0.15) is 36.7 Å².